The number of rotatable bonds is 4. The summed E-state index contributed by atoms with van der Waals surface area (Å²) in [6, 6.07) is 16.2. The molecule has 30 heavy (non-hydrogen) atoms. The number of nitrogens with zero attached hydrogens (tertiary/aromatic N) is 1. The van der Waals surface area contributed by atoms with Crippen LogP contribution in [-0.4, -0.2) is 53.5 Å². The number of carbonyl (C=O) groups is 2. The molecule has 2 aliphatic rings. The minimum Gasteiger partial charge on any atom is -0.479 e. The average Bonchev–Trinajstić information content (AvgIpc) is 3.04. The Hall–Kier alpha value is -2.86. The monoisotopic (exact) mass is 409 g/mol. The van der Waals surface area contributed by atoms with Gasteiger partial charge in [-0.15, -0.1) is 0 Å². The van der Waals surface area contributed by atoms with Gasteiger partial charge >= 0.3 is 12.1 Å². The van der Waals surface area contributed by atoms with E-state index >= 15 is 0 Å². The zero-order valence-electron chi connectivity index (χ0n) is 17.5. The molecule has 0 bridgehead atoms. The van der Waals surface area contributed by atoms with E-state index in [1.54, 1.807) is 0 Å². The fourth-order valence-electron chi connectivity index (χ4n) is 4.98. The van der Waals surface area contributed by atoms with Gasteiger partial charge in [-0.3, -0.25) is 4.90 Å². The smallest absolute Gasteiger partial charge is 0.410 e. The van der Waals surface area contributed by atoms with Gasteiger partial charge in [0.15, 0.2) is 0 Å². The van der Waals surface area contributed by atoms with E-state index in [0.717, 1.165) is 22.3 Å². The van der Waals surface area contributed by atoms with Gasteiger partial charge < -0.3 is 14.6 Å². The van der Waals surface area contributed by atoms with E-state index in [1.165, 1.54) is 11.9 Å². The number of carbonyl (C=O) groups excluding carboxylic acids is 1. The Morgan fingerprint density at radius 1 is 1.03 bits per heavy atom. The number of fused-ring (bicyclic) bond motifs is 3. The van der Waals surface area contributed by atoms with E-state index in [4.69, 9.17) is 9.47 Å². The summed E-state index contributed by atoms with van der Waals surface area (Å²) in [6.07, 6.45) is -0.677. The fourth-order valence-corrected chi connectivity index (χ4v) is 4.98. The molecule has 2 aromatic rings. The third kappa shape index (κ3) is 3.35. The van der Waals surface area contributed by atoms with Crippen molar-refractivity contribution in [1.29, 1.82) is 0 Å². The topological polar surface area (TPSA) is 76.1 Å². The number of amides is 1. The molecule has 6 nitrogen and oxygen atoms in total. The summed E-state index contributed by atoms with van der Waals surface area (Å²) in [5.74, 6) is -1.09. The first kappa shape index (κ1) is 20.4. The Labute approximate surface area is 176 Å². The summed E-state index contributed by atoms with van der Waals surface area (Å²) in [4.78, 5) is 26.4. The first-order valence-electron chi connectivity index (χ1n) is 10.3. The van der Waals surface area contributed by atoms with Crippen molar-refractivity contribution >= 4 is 12.1 Å². The fraction of sp³-hybridized carbons (Fsp3) is 0.417. The van der Waals surface area contributed by atoms with Crippen molar-refractivity contribution < 1.29 is 24.2 Å². The van der Waals surface area contributed by atoms with E-state index in [0.29, 0.717) is 0 Å². The van der Waals surface area contributed by atoms with Crippen LogP contribution in [0, 0.1) is 0 Å². The first-order valence-corrected chi connectivity index (χ1v) is 10.3. The van der Waals surface area contributed by atoms with Crippen LogP contribution in [0.5, 0.6) is 0 Å². The second-order valence-corrected chi connectivity index (χ2v) is 8.37. The van der Waals surface area contributed by atoms with Crippen molar-refractivity contribution in [1.82, 2.24) is 4.90 Å². The molecule has 2 atom stereocenters. The van der Waals surface area contributed by atoms with Gasteiger partial charge in [0, 0.05) is 25.8 Å². The number of likely N-dealkylation sites (N-methyl/N-ethyl adjacent to an activating group) is 1. The molecule has 1 aliphatic heterocycles. The summed E-state index contributed by atoms with van der Waals surface area (Å²) < 4.78 is 11.4. The van der Waals surface area contributed by atoms with Gasteiger partial charge in [0.05, 0.1) is 12.2 Å². The number of carboxylic acids is 1. The van der Waals surface area contributed by atoms with Crippen molar-refractivity contribution in [3.05, 3.63) is 59.7 Å². The van der Waals surface area contributed by atoms with Gasteiger partial charge in [-0.1, -0.05) is 48.5 Å². The van der Waals surface area contributed by atoms with Gasteiger partial charge in [0.1, 0.15) is 12.1 Å². The molecule has 0 radical (unpaired) electrons. The summed E-state index contributed by atoms with van der Waals surface area (Å²) in [7, 11) is 1.51. The molecule has 0 spiro atoms. The Kier molecular flexibility index (Phi) is 5.28. The largest absolute Gasteiger partial charge is 0.479 e. The summed E-state index contributed by atoms with van der Waals surface area (Å²) >= 11 is 0. The molecule has 1 N–H and O–H groups in total. The van der Waals surface area contributed by atoms with Crippen LogP contribution in [0.15, 0.2) is 48.5 Å². The van der Waals surface area contributed by atoms with Gasteiger partial charge in [0.2, 0.25) is 0 Å². The van der Waals surface area contributed by atoms with Crippen molar-refractivity contribution in [2.24, 2.45) is 0 Å². The Morgan fingerprint density at radius 3 is 2.03 bits per heavy atom. The zero-order valence-corrected chi connectivity index (χ0v) is 17.5. The Bertz CT molecular complexity index is 916. The van der Waals surface area contributed by atoms with Gasteiger partial charge in [0.25, 0.3) is 0 Å². The molecule has 1 fully saturated rings. The van der Waals surface area contributed by atoms with E-state index in [2.05, 4.69) is 24.3 Å². The summed E-state index contributed by atoms with van der Waals surface area (Å²) in [5, 5.41) is 9.98. The van der Waals surface area contributed by atoms with Gasteiger partial charge in [-0.25, -0.2) is 9.59 Å². The number of hydrogen-bond donors (Lipinski definition) is 1. The lowest BCUT2D eigenvalue weighted by molar-refractivity contribution is -0.165. The lowest BCUT2D eigenvalue weighted by Gasteiger charge is -2.44. The van der Waals surface area contributed by atoms with Crippen LogP contribution in [0.1, 0.15) is 43.7 Å². The first-order chi connectivity index (χ1) is 14.3. The maximum absolute atomic E-state index is 12.9. The molecular weight excluding hydrogens is 382 g/mol. The lowest BCUT2D eigenvalue weighted by atomic mass is 9.83. The summed E-state index contributed by atoms with van der Waals surface area (Å²) in [5.41, 5.74) is 3.21. The van der Waals surface area contributed by atoms with E-state index in [-0.39, 0.29) is 37.6 Å². The minimum absolute atomic E-state index is 0.0666. The highest BCUT2D eigenvalue weighted by molar-refractivity contribution is 5.85. The molecule has 1 saturated heterocycles. The molecular formula is C24H27NO5. The second-order valence-electron chi connectivity index (χ2n) is 8.37. The van der Waals surface area contributed by atoms with Crippen molar-refractivity contribution in [2.45, 2.75) is 50.4 Å². The maximum atomic E-state index is 12.9. The number of benzene rings is 2. The van der Waals surface area contributed by atoms with E-state index < -0.39 is 17.6 Å². The molecule has 0 saturated carbocycles. The van der Waals surface area contributed by atoms with E-state index in [1.807, 2.05) is 38.1 Å². The van der Waals surface area contributed by atoms with E-state index in [9.17, 15) is 14.7 Å². The molecule has 158 valence electrons. The van der Waals surface area contributed by atoms with Crippen LogP contribution in [0.3, 0.4) is 0 Å². The highest BCUT2D eigenvalue weighted by Gasteiger charge is 2.50. The number of ether oxygens (including phenoxy) is 2. The molecule has 4 rings (SSSR count). The molecule has 6 heteroatoms. The Morgan fingerprint density at radius 2 is 1.53 bits per heavy atom. The van der Waals surface area contributed by atoms with Crippen LogP contribution < -0.4 is 0 Å². The highest BCUT2D eigenvalue weighted by Crippen LogP contribution is 2.44. The molecule has 1 heterocycles. The SMILES string of the molecule is CC1CC(C(=O)O)(N(C)C(=O)OCC2c3ccccc3-c3ccccc32)CC(C)O1. The van der Waals surface area contributed by atoms with Crippen LogP contribution >= 0.6 is 0 Å². The maximum Gasteiger partial charge on any atom is 0.410 e. The second kappa shape index (κ2) is 7.76. The lowest BCUT2D eigenvalue weighted by Crippen LogP contribution is -2.61. The average molecular weight is 409 g/mol. The van der Waals surface area contributed by atoms with Crippen molar-refractivity contribution in [3.8, 4) is 11.1 Å². The normalized spacial score (nSPS) is 25.3. The number of aliphatic carboxylic acids is 1. The third-order valence-corrected chi connectivity index (χ3v) is 6.36. The quantitative estimate of drug-likeness (QED) is 0.816. The Balaban J connectivity index is 1.54. The number of carboxylic acid groups (broad SMARTS) is 1. The minimum atomic E-state index is -1.33. The zero-order chi connectivity index (χ0) is 21.5. The molecule has 2 unspecified atom stereocenters. The van der Waals surface area contributed by atoms with Crippen LogP contribution in [0.4, 0.5) is 4.79 Å². The predicted octanol–water partition coefficient (Wildman–Crippen LogP) is 4.28. The van der Waals surface area contributed by atoms with Crippen LogP contribution in [0.25, 0.3) is 11.1 Å². The molecule has 1 amide bonds. The number of hydrogen-bond acceptors (Lipinski definition) is 4. The predicted molar refractivity (Wildman–Crippen MR) is 112 cm³/mol. The summed E-state index contributed by atoms with van der Waals surface area (Å²) in [6.45, 7) is 3.83. The van der Waals surface area contributed by atoms with Crippen LogP contribution in [0.2, 0.25) is 0 Å². The van der Waals surface area contributed by atoms with Crippen molar-refractivity contribution in [2.75, 3.05) is 13.7 Å². The molecule has 0 aromatic heterocycles. The standard InChI is InChI=1S/C24H27NO5/c1-15-12-24(22(26)27,13-16(2)30-15)25(3)23(28)29-14-21-19-10-6-4-8-17(19)18-9-5-7-11-20(18)21/h4-11,15-16,21H,12-14H2,1-3H3,(H,26,27). The highest BCUT2D eigenvalue weighted by atomic mass is 16.6. The van der Waals surface area contributed by atoms with Gasteiger partial charge in [-0.05, 0) is 36.1 Å². The van der Waals surface area contributed by atoms with Crippen LogP contribution in [-0.2, 0) is 14.3 Å². The molecule has 1 aliphatic carbocycles. The van der Waals surface area contributed by atoms with Gasteiger partial charge in [-0.2, -0.15) is 0 Å². The van der Waals surface area contributed by atoms with Crippen molar-refractivity contribution in [3.63, 3.8) is 0 Å². The molecule has 2 aromatic carbocycles. The third-order valence-electron chi connectivity index (χ3n) is 6.36.